The fourth-order valence-electron chi connectivity index (χ4n) is 3.49. The van der Waals surface area contributed by atoms with Gasteiger partial charge in [-0.15, -0.1) is 0 Å². The number of sulfonamides is 1. The maximum absolute atomic E-state index is 13.6. The second-order valence-electron chi connectivity index (χ2n) is 7.10. The summed E-state index contributed by atoms with van der Waals surface area (Å²) in [4.78, 5) is 16.9. The second-order valence-corrected chi connectivity index (χ2v) is 9.10. The van der Waals surface area contributed by atoms with Gasteiger partial charge in [0.05, 0.1) is 10.8 Å². The number of hydrogen-bond acceptors (Lipinski definition) is 4. The predicted octanol–water partition coefficient (Wildman–Crippen LogP) is 4.70. The molecule has 0 radical (unpaired) electrons. The molecular formula is C22H30FN3O3S. The van der Waals surface area contributed by atoms with Crippen molar-refractivity contribution in [2.75, 3.05) is 5.32 Å². The number of carbonyl (C=O) groups is 1. The van der Waals surface area contributed by atoms with E-state index in [1.54, 1.807) is 6.20 Å². The van der Waals surface area contributed by atoms with Crippen LogP contribution in [0.15, 0.2) is 37.2 Å². The van der Waals surface area contributed by atoms with E-state index < -0.39 is 15.8 Å². The van der Waals surface area contributed by atoms with Crippen LogP contribution in [0.3, 0.4) is 0 Å². The third kappa shape index (κ3) is 4.60. The molecule has 164 valence electrons. The van der Waals surface area contributed by atoms with Crippen LogP contribution in [0, 0.1) is 5.82 Å². The van der Waals surface area contributed by atoms with E-state index in [0.717, 1.165) is 11.1 Å². The van der Waals surface area contributed by atoms with Gasteiger partial charge in [-0.05, 0) is 55.0 Å². The highest BCUT2D eigenvalue weighted by molar-refractivity contribution is 7.90. The highest BCUT2D eigenvalue weighted by atomic mass is 32.2. The number of nitrogens with one attached hydrogen (secondary N) is 2. The van der Waals surface area contributed by atoms with Crippen molar-refractivity contribution in [1.82, 2.24) is 9.71 Å². The largest absolute Gasteiger partial charge is 0.322 e. The van der Waals surface area contributed by atoms with Crippen LogP contribution in [-0.4, -0.2) is 24.6 Å². The van der Waals surface area contributed by atoms with Crippen LogP contribution in [0.4, 0.5) is 10.1 Å². The Bertz CT molecular complexity index is 1080. The Morgan fingerprint density at radius 2 is 2.00 bits per heavy atom. The smallest absolute Gasteiger partial charge is 0.257 e. The van der Waals surface area contributed by atoms with Crippen LogP contribution in [0.25, 0.3) is 6.08 Å². The highest BCUT2D eigenvalue weighted by Gasteiger charge is 2.39. The SMILES string of the molecule is C=Cc1cc(NC(=O)c2cncc3c2CCC3NS(=O)(=O)C2CC2)ccc1F.CC.[HH].[HH]. The van der Waals surface area contributed by atoms with Gasteiger partial charge in [0.2, 0.25) is 10.0 Å². The van der Waals surface area contributed by atoms with Crippen molar-refractivity contribution in [1.29, 1.82) is 0 Å². The van der Waals surface area contributed by atoms with Crippen molar-refractivity contribution in [2.45, 2.75) is 50.8 Å². The average Bonchev–Trinajstić information content (AvgIpc) is 3.54. The number of fused-ring (bicyclic) bond motifs is 1. The molecule has 6 nitrogen and oxygen atoms in total. The lowest BCUT2D eigenvalue weighted by Gasteiger charge is -2.14. The second kappa shape index (κ2) is 9.06. The van der Waals surface area contributed by atoms with E-state index in [0.29, 0.717) is 42.5 Å². The van der Waals surface area contributed by atoms with E-state index in [4.69, 9.17) is 0 Å². The fourth-order valence-corrected chi connectivity index (χ4v) is 5.08. The van der Waals surface area contributed by atoms with Gasteiger partial charge in [0.1, 0.15) is 5.82 Å². The molecule has 1 amide bonds. The van der Waals surface area contributed by atoms with Gasteiger partial charge in [-0.3, -0.25) is 9.78 Å². The van der Waals surface area contributed by atoms with E-state index in [9.17, 15) is 17.6 Å². The monoisotopic (exact) mass is 435 g/mol. The molecule has 1 fully saturated rings. The maximum Gasteiger partial charge on any atom is 0.257 e. The van der Waals surface area contributed by atoms with Gasteiger partial charge in [0, 0.05) is 32.5 Å². The lowest BCUT2D eigenvalue weighted by Crippen LogP contribution is -2.30. The van der Waals surface area contributed by atoms with Crippen LogP contribution >= 0.6 is 0 Å². The third-order valence-electron chi connectivity index (χ3n) is 5.14. The zero-order valence-electron chi connectivity index (χ0n) is 17.1. The summed E-state index contributed by atoms with van der Waals surface area (Å²) in [5, 5.41) is 2.45. The molecule has 2 aliphatic carbocycles. The number of anilines is 1. The summed E-state index contributed by atoms with van der Waals surface area (Å²) in [7, 11) is -3.33. The van der Waals surface area contributed by atoms with Crippen LogP contribution in [0.2, 0.25) is 0 Å². The molecule has 8 heteroatoms. The highest BCUT2D eigenvalue weighted by Crippen LogP contribution is 2.36. The topological polar surface area (TPSA) is 88.2 Å². The standard InChI is InChI=1S/C20H20FN3O3S.C2H6.2H2/c1-2-12-9-13(3-7-18(12)21)23-20(25)17-11-22-10-16-15(17)6-8-19(16)24-28(26,27)14-4-5-14;1-2;;/h2-3,7,9-11,14,19,24H,1,4-6,8H2,(H,23,25);1-2H3;2*1H. The Hall–Kier alpha value is -2.58. The summed E-state index contributed by atoms with van der Waals surface area (Å²) in [6, 6.07) is 3.88. The number of aromatic nitrogens is 1. The van der Waals surface area contributed by atoms with E-state index in [-0.39, 0.29) is 20.1 Å². The number of rotatable bonds is 6. The summed E-state index contributed by atoms with van der Waals surface area (Å²) in [5.74, 6) is -0.780. The molecule has 0 bridgehead atoms. The Morgan fingerprint density at radius 1 is 1.27 bits per heavy atom. The number of amides is 1. The molecule has 1 aromatic heterocycles. The minimum Gasteiger partial charge on any atom is -0.322 e. The lowest BCUT2D eigenvalue weighted by atomic mass is 10.1. The van der Waals surface area contributed by atoms with Crippen molar-refractivity contribution >= 4 is 27.7 Å². The molecule has 2 N–H and O–H groups in total. The van der Waals surface area contributed by atoms with Gasteiger partial charge >= 0.3 is 0 Å². The molecule has 1 unspecified atom stereocenters. The molecule has 30 heavy (non-hydrogen) atoms. The molecule has 1 heterocycles. The van der Waals surface area contributed by atoms with E-state index in [1.807, 2.05) is 13.8 Å². The van der Waals surface area contributed by atoms with Gasteiger partial charge in [-0.25, -0.2) is 17.5 Å². The average molecular weight is 436 g/mol. The predicted molar refractivity (Wildman–Crippen MR) is 120 cm³/mol. The Morgan fingerprint density at radius 3 is 2.67 bits per heavy atom. The molecule has 0 spiro atoms. The van der Waals surface area contributed by atoms with E-state index in [1.165, 1.54) is 30.5 Å². The molecule has 0 saturated heterocycles. The first-order valence-corrected chi connectivity index (χ1v) is 11.6. The summed E-state index contributed by atoms with van der Waals surface area (Å²) < 4.78 is 40.9. The minimum atomic E-state index is -3.33. The zero-order chi connectivity index (χ0) is 21.9. The summed E-state index contributed by atoms with van der Waals surface area (Å²) in [5.41, 5.74) is 2.67. The normalized spacial score (nSPS) is 17.5. The third-order valence-corrected chi connectivity index (χ3v) is 7.10. The molecule has 2 aliphatic rings. The van der Waals surface area contributed by atoms with Gasteiger partial charge in [-0.2, -0.15) is 0 Å². The van der Waals surface area contributed by atoms with Gasteiger partial charge in [0.15, 0.2) is 0 Å². The number of nitrogens with zero attached hydrogens (tertiary/aromatic N) is 1. The molecular weight excluding hydrogens is 405 g/mol. The van der Waals surface area contributed by atoms with Crippen LogP contribution in [-0.2, 0) is 16.4 Å². The van der Waals surface area contributed by atoms with Crippen LogP contribution in [0.5, 0.6) is 0 Å². The first kappa shape index (κ1) is 22.1. The van der Waals surface area contributed by atoms with Crippen molar-refractivity contribution in [2.24, 2.45) is 0 Å². The maximum atomic E-state index is 13.6. The van der Waals surface area contributed by atoms with Crippen LogP contribution < -0.4 is 10.0 Å². The van der Waals surface area contributed by atoms with E-state index >= 15 is 0 Å². The van der Waals surface area contributed by atoms with Gasteiger partial charge in [0.25, 0.3) is 5.91 Å². The number of pyridine rings is 1. The molecule has 4 rings (SSSR count). The zero-order valence-corrected chi connectivity index (χ0v) is 17.9. The summed E-state index contributed by atoms with van der Waals surface area (Å²) in [6.45, 7) is 7.55. The van der Waals surface area contributed by atoms with Crippen molar-refractivity contribution in [3.63, 3.8) is 0 Å². The summed E-state index contributed by atoms with van der Waals surface area (Å²) >= 11 is 0. The number of halogens is 1. The lowest BCUT2D eigenvalue weighted by molar-refractivity contribution is 0.102. The van der Waals surface area contributed by atoms with Crippen LogP contribution in [0.1, 0.15) is 69.1 Å². The number of benzene rings is 1. The Kier molecular flexibility index (Phi) is 6.67. The molecule has 1 saturated carbocycles. The van der Waals surface area contributed by atoms with Gasteiger partial charge in [-0.1, -0.05) is 26.5 Å². The molecule has 2 aromatic rings. The van der Waals surface area contributed by atoms with Crippen molar-refractivity contribution in [3.8, 4) is 0 Å². The molecule has 0 aliphatic heterocycles. The van der Waals surface area contributed by atoms with Gasteiger partial charge < -0.3 is 5.32 Å². The quantitative estimate of drug-likeness (QED) is 0.688. The fraction of sp³-hybridized carbons (Fsp3) is 0.364. The van der Waals surface area contributed by atoms with Crippen molar-refractivity contribution in [3.05, 3.63) is 65.2 Å². The first-order chi connectivity index (χ1) is 14.4. The number of hydrogen-bond donors (Lipinski definition) is 2. The molecule has 1 aromatic carbocycles. The first-order valence-electron chi connectivity index (χ1n) is 10.1. The van der Waals surface area contributed by atoms with Crippen molar-refractivity contribution < 1.29 is 20.5 Å². The summed E-state index contributed by atoms with van der Waals surface area (Å²) in [6.07, 6.45) is 7.03. The van der Waals surface area contributed by atoms with E-state index in [2.05, 4.69) is 21.6 Å². The Balaban J connectivity index is 0.00000125. The Labute approximate surface area is 179 Å². The number of carbonyl (C=O) groups excluding carboxylic acids is 1. The minimum absolute atomic E-state index is 0. The molecule has 1 atom stereocenters.